The number of anilines is 1. The number of rotatable bonds is 6. The van der Waals surface area contributed by atoms with Gasteiger partial charge in [-0.05, 0) is 24.7 Å². The zero-order chi connectivity index (χ0) is 13.2. The molecule has 0 atom stereocenters. The molecule has 0 bridgehead atoms. The monoisotopic (exact) mass is 270 g/mol. The molecule has 1 aromatic heterocycles. The van der Waals surface area contributed by atoms with Crippen molar-refractivity contribution in [2.75, 3.05) is 12.3 Å². The van der Waals surface area contributed by atoms with Crippen LogP contribution >= 0.6 is 0 Å². The topological polar surface area (TPSA) is 98.0 Å². The summed E-state index contributed by atoms with van der Waals surface area (Å²) >= 11 is 0. The van der Waals surface area contributed by atoms with Crippen molar-refractivity contribution in [1.29, 1.82) is 0 Å². The van der Waals surface area contributed by atoms with Gasteiger partial charge in [0.25, 0.3) is 0 Å². The smallest absolute Gasteiger partial charge is 0.243 e. The molecular weight excluding hydrogens is 252 g/mol. The first-order valence-electron chi connectivity index (χ1n) is 6.05. The van der Waals surface area contributed by atoms with E-state index >= 15 is 0 Å². The highest BCUT2D eigenvalue weighted by molar-refractivity contribution is 7.89. The number of aromatic nitrogens is 2. The van der Waals surface area contributed by atoms with E-state index in [1.807, 2.05) is 0 Å². The number of nitrogens with zero attached hydrogens (tertiary/aromatic N) is 2. The van der Waals surface area contributed by atoms with Crippen molar-refractivity contribution < 1.29 is 8.42 Å². The zero-order valence-electron chi connectivity index (χ0n) is 10.4. The Morgan fingerprint density at radius 3 is 2.50 bits per heavy atom. The summed E-state index contributed by atoms with van der Waals surface area (Å²) in [4.78, 5) is 7.44. The van der Waals surface area contributed by atoms with Gasteiger partial charge in [0.1, 0.15) is 4.90 Å². The van der Waals surface area contributed by atoms with Gasteiger partial charge in [-0.25, -0.2) is 23.1 Å². The average molecular weight is 270 g/mol. The van der Waals surface area contributed by atoms with Gasteiger partial charge in [0.2, 0.25) is 16.0 Å². The molecule has 2 rings (SSSR count). The Labute approximate surface area is 107 Å². The second-order valence-electron chi connectivity index (χ2n) is 4.85. The van der Waals surface area contributed by atoms with Crippen molar-refractivity contribution in [3.63, 3.8) is 0 Å². The van der Waals surface area contributed by atoms with E-state index in [9.17, 15) is 8.42 Å². The molecule has 1 fully saturated rings. The van der Waals surface area contributed by atoms with Gasteiger partial charge in [0.15, 0.2) is 0 Å². The average Bonchev–Trinajstić information content (AvgIpc) is 3.08. The molecule has 1 heterocycles. The highest BCUT2D eigenvalue weighted by Gasteiger charge is 2.42. The van der Waals surface area contributed by atoms with E-state index in [0.29, 0.717) is 6.54 Å². The van der Waals surface area contributed by atoms with Crippen LogP contribution in [-0.2, 0) is 10.0 Å². The molecule has 1 saturated carbocycles. The van der Waals surface area contributed by atoms with Crippen LogP contribution in [0.3, 0.4) is 0 Å². The van der Waals surface area contributed by atoms with E-state index in [1.165, 1.54) is 12.4 Å². The number of hydrogen-bond donors (Lipinski definition) is 2. The number of hydrogen-bond acceptors (Lipinski definition) is 5. The second kappa shape index (κ2) is 4.81. The van der Waals surface area contributed by atoms with E-state index in [4.69, 9.17) is 5.73 Å². The standard InChI is InChI=1S/C11H18N4O2S/c1-2-3-11(4-5-11)8-15-18(16,17)9-6-13-10(12)14-7-9/h6-7,15H,2-5,8H2,1H3,(H2,12,13,14). The Bertz CT molecular complexity index is 508. The molecule has 0 aliphatic heterocycles. The molecule has 0 spiro atoms. The van der Waals surface area contributed by atoms with Crippen molar-refractivity contribution in [2.24, 2.45) is 5.41 Å². The molecule has 0 radical (unpaired) electrons. The Hall–Kier alpha value is -1.21. The van der Waals surface area contributed by atoms with Gasteiger partial charge in [-0.1, -0.05) is 13.3 Å². The zero-order valence-corrected chi connectivity index (χ0v) is 11.2. The third-order valence-corrected chi connectivity index (χ3v) is 4.69. The highest BCUT2D eigenvalue weighted by atomic mass is 32.2. The first-order chi connectivity index (χ1) is 8.47. The van der Waals surface area contributed by atoms with Crippen LogP contribution < -0.4 is 10.5 Å². The normalized spacial score (nSPS) is 17.6. The van der Waals surface area contributed by atoms with Crippen molar-refractivity contribution in [3.8, 4) is 0 Å². The minimum Gasteiger partial charge on any atom is -0.368 e. The predicted octanol–water partition coefficient (Wildman–Crippen LogP) is 0.917. The largest absolute Gasteiger partial charge is 0.368 e. The molecule has 18 heavy (non-hydrogen) atoms. The van der Waals surface area contributed by atoms with Crippen LogP contribution in [-0.4, -0.2) is 24.9 Å². The summed E-state index contributed by atoms with van der Waals surface area (Å²) in [5.74, 6) is 0.0681. The molecule has 100 valence electrons. The lowest BCUT2D eigenvalue weighted by Gasteiger charge is -2.14. The van der Waals surface area contributed by atoms with Crippen molar-refractivity contribution in [1.82, 2.24) is 14.7 Å². The van der Waals surface area contributed by atoms with Crippen LogP contribution in [0.2, 0.25) is 0 Å². The van der Waals surface area contributed by atoms with Gasteiger partial charge in [-0.15, -0.1) is 0 Å². The third kappa shape index (κ3) is 2.97. The van der Waals surface area contributed by atoms with Crippen LogP contribution in [0.5, 0.6) is 0 Å². The Morgan fingerprint density at radius 1 is 1.39 bits per heavy atom. The van der Waals surface area contributed by atoms with E-state index in [2.05, 4.69) is 21.6 Å². The molecule has 1 aliphatic rings. The minimum absolute atomic E-state index is 0.0593. The van der Waals surface area contributed by atoms with Gasteiger partial charge < -0.3 is 5.73 Å². The van der Waals surface area contributed by atoms with Crippen LogP contribution in [0.15, 0.2) is 17.3 Å². The first-order valence-corrected chi connectivity index (χ1v) is 7.53. The number of nitrogen functional groups attached to an aromatic ring is 1. The van der Waals surface area contributed by atoms with E-state index < -0.39 is 10.0 Å². The van der Waals surface area contributed by atoms with Crippen LogP contribution in [0.4, 0.5) is 5.95 Å². The van der Waals surface area contributed by atoms with Crippen molar-refractivity contribution in [3.05, 3.63) is 12.4 Å². The lowest BCUT2D eigenvalue weighted by molar-refractivity contribution is 0.449. The summed E-state index contributed by atoms with van der Waals surface area (Å²) in [6, 6.07) is 0. The number of nitrogens with one attached hydrogen (secondary N) is 1. The van der Waals surface area contributed by atoms with Crippen molar-refractivity contribution in [2.45, 2.75) is 37.5 Å². The Balaban J connectivity index is 2.02. The molecular formula is C11H18N4O2S. The quantitative estimate of drug-likeness (QED) is 0.801. The van der Waals surface area contributed by atoms with Crippen LogP contribution in [0.25, 0.3) is 0 Å². The SMILES string of the molecule is CCCC1(CNS(=O)(=O)c2cnc(N)nc2)CC1. The van der Waals surface area contributed by atoms with Gasteiger partial charge in [-0.3, -0.25) is 0 Å². The Morgan fingerprint density at radius 2 is 2.00 bits per heavy atom. The van der Waals surface area contributed by atoms with E-state index in [0.717, 1.165) is 25.7 Å². The summed E-state index contributed by atoms with van der Waals surface area (Å²) in [5, 5.41) is 0. The summed E-state index contributed by atoms with van der Waals surface area (Å²) in [5.41, 5.74) is 5.50. The summed E-state index contributed by atoms with van der Waals surface area (Å²) in [7, 11) is -3.52. The molecule has 3 N–H and O–H groups in total. The second-order valence-corrected chi connectivity index (χ2v) is 6.62. The van der Waals surface area contributed by atoms with Crippen LogP contribution in [0, 0.1) is 5.41 Å². The molecule has 7 heteroatoms. The fourth-order valence-corrected chi connectivity index (χ4v) is 3.06. The molecule has 0 unspecified atom stereocenters. The molecule has 0 aromatic carbocycles. The Kier molecular flexibility index (Phi) is 3.54. The lowest BCUT2D eigenvalue weighted by Crippen LogP contribution is -2.30. The number of sulfonamides is 1. The molecule has 1 aromatic rings. The van der Waals surface area contributed by atoms with E-state index in [-0.39, 0.29) is 16.3 Å². The minimum atomic E-state index is -3.52. The van der Waals surface area contributed by atoms with Gasteiger partial charge in [0, 0.05) is 6.54 Å². The van der Waals surface area contributed by atoms with Crippen LogP contribution in [0.1, 0.15) is 32.6 Å². The van der Waals surface area contributed by atoms with Crippen molar-refractivity contribution >= 4 is 16.0 Å². The summed E-state index contributed by atoms with van der Waals surface area (Å²) in [6.45, 7) is 2.61. The first kappa shape index (κ1) is 13.2. The fourth-order valence-electron chi connectivity index (χ4n) is 2.02. The maximum absolute atomic E-state index is 12.0. The summed E-state index contributed by atoms with van der Waals surface area (Å²) < 4.78 is 26.6. The maximum atomic E-state index is 12.0. The maximum Gasteiger partial charge on any atom is 0.243 e. The fraction of sp³-hybridized carbons (Fsp3) is 0.636. The summed E-state index contributed by atoms with van der Waals surface area (Å²) in [6.07, 6.45) is 6.79. The van der Waals surface area contributed by atoms with E-state index in [1.54, 1.807) is 0 Å². The molecule has 1 aliphatic carbocycles. The lowest BCUT2D eigenvalue weighted by atomic mass is 10.0. The third-order valence-electron chi connectivity index (χ3n) is 3.33. The molecule has 0 amide bonds. The number of nitrogens with two attached hydrogens (primary N) is 1. The molecule has 0 saturated heterocycles. The highest BCUT2D eigenvalue weighted by Crippen LogP contribution is 2.49. The van der Waals surface area contributed by atoms with Gasteiger partial charge in [0.05, 0.1) is 12.4 Å². The predicted molar refractivity (Wildman–Crippen MR) is 68.2 cm³/mol. The van der Waals surface area contributed by atoms with Gasteiger partial charge >= 0.3 is 0 Å². The molecule has 6 nitrogen and oxygen atoms in total. The van der Waals surface area contributed by atoms with Gasteiger partial charge in [-0.2, -0.15) is 0 Å².